The van der Waals surface area contributed by atoms with E-state index in [2.05, 4.69) is 17.5 Å². The van der Waals surface area contributed by atoms with Gasteiger partial charge in [-0.15, -0.1) is 0 Å². The Morgan fingerprint density at radius 3 is 2.58 bits per heavy atom. The SMILES string of the molecule is CCc1ccc(N2C[C@@H](C(=O)N/N=C/c3ccc(Cl)cc3)CC2=O)cc1. The van der Waals surface area contributed by atoms with Gasteiger partial charge in [-0.25, -0.2) is 5.43 Å². The summed E-state index contributed by atoms with van der Waals surface area (Å²) in [7, 11) is 0. The van der Waals surface area contributed by atoms with Crippen LogP contribution in [0, 0.1) is 5.92 Å². The fourth-order valence-electron chi connectivity index (χ4n) is 2.85. The van der Waals surface area contributed by atoms with Gasteiger partial charge in [0.1, 0.15) is 0 Å². The number of nitrogens with zero attached hydrogens (tertiary/aromatic N) is 2. The van der Waals surface area contributed by atoms with Crippen LogP contribution in [0.1, 0.15) is 24.5 Å². The van der Waals surface area contributed by atoms with Crippen molar-refractivity contribution >= 4 is 35.3 Å². The third-order valence-electron chi connectivity index (χ3n) is 4.41. The lowest BCUT2D eigenvalue weighted by molar-refractivity contribution is -0.126. The minimum Gasteiger partial charge on any atom is -0.312 e. The van der Waals surface area contributed by atoms with Crippen molar-refractivity contribution in [1.82, 2.24) is 5.43 Å². The van der Waals surface area contributed by atoms with E-state index in [1.807, 2.05) is 24.3 Å². The normalized spacial score (nSPS) is 17.1. The molecular weight excluding hydrogens is 350 g/mol. The first-order chi connectivity index (χ1) is 12.6. The Labute approximate surface area is 157 Å². The molecule has 134 valence electrons. The van der Waals surface area contributed by atoms with Gasteiger partial charge in [0.05, 0.1) is 12.1 Å². The van der Waals surface area contributed by atoms with Crippen molar-refractivity contribution in [2.24, 2.45) is 11.0 Å². The third-order valence-corrected chi connectivity index (χ3v) is 4.66. The highest BCUT2D eigenvalue weighted by molar-refractivity contribution is 6.30. The maximum Gasteiger partial charge on any atom is 0.245 e. The first-order valence-corrected chi connectivity index (χ1v) is 8.92. The van der Waals surface area contributed by atoms with Crippen LogP contribution in [0.2, 0.25) is 5.02 Å². The molecule has 1 aliphatic rings. The minimum absolute atomic E-state index is 0.0453. The fourth-order valence-corrected chi connectivity index (χ4v) is 2.98. The van der Waals surface area contributed by atoms with Crippen LogP contribution in [0.4, 0.5) is 5.69 Å². The predicted octanol–water partition coefficient (Wildman–Crippen LogP) is 3.41. The van der Waals surface area contributed by atoms with Crippen LogP contribution in [0.3, 0.4) is 0 Å². The maximum atomic E-state index is 12.3. The predicted molar refractivity (Wildman–Crippen MR) is 103 cm³/mol. The average Bonchev–Trinajstić information content (AvgIpc) is 3.05. The van der Waals surface area contributed by atoms with Gasteiger partial charge in [0.25, 0.3) is 0 Å². The van der Waals surface area contributed by atoms with Crippen LogP contribution in [0.15, 0.2) is 53.6 Å². The van der Waals surface area contributed by atoms with Crippen LogP contribution in [-0.4, -0.2) is 24.6 Å². The fraction of sp³-hybridized carbons (Fsp3) is 0.250. The highest BCUT2D eigenvalue weighted by Crippen LogP contribution is 2.25. The Kier molecular flexibility index (Phi) is 5.68. The van der Waals surface area contributed by atoms with Crippen LogP contribution in [0.5, 0.6) is 0 Å². The Morgan fingerprint density at radius 2 is 1.92 bits per heavy atom. The number of hydrazone groups is 1. The molecule has 1 aliphatic heterocycles. The number of anilines is 1. The summed E-state index contributed by atoms with van der Waals surface area (Å²) in [6, 6.07) is 15.0. The summed E-state index contributed by atoms with van der Waals surface area (Å²) in [5.41, 5.74) is 5.39. The molecule has 6 heteroatoms. The Morgan fingerprint density at radius 1 is 1.23 bits per heavy atom. The van der Waals surface area contributed by atoms with Crippen molar-refractivity contribution in [1.29, 1.82) is 0 Å². The number of carbonyl (C=O) groups excluding carboxylic acids is 2. The van der Waals surface area contributed by atoms with Crippen molar-refractivity contribution in [3.8, 4) is 0 Å². The number of hydrogen-bond acceptors (Lipinski definition) is 3. The molecule has 2 amide bonds. The zero-order valence-electron chi connectivity index (χ0n) is 14.5. The second-order valence-electron chi connectivity index (χ2n) is 6.21. The Balaban J connectivity index is 1.58. The van der Waals surface area contributed by atoms with E-state index in [1.165, 1.54) is 5.56 Å². The molecule has 1 atom stereocenters. The summed E-state index contributed by atoms with van der Waals surface area (Å²) < 4.78 is 0. The average molecular weight is 370 g/mol. The molecule has 1 saturated heterocycles. The van der Waals surface area contributed by atoms with E-state index >= 15 is 0 Å². The number of rotatable bonds is 5. The van der Waals surface area contributed by atoms with Crippen LogP contribution < -0.4 is 10.3 Å². The standard InChI is InChI=1S/C20H20ClN3O2/c1-2-14-5-9-18(10-6-14)24-13-16(11-19(24)25)20(26)23-22-12-15-3-7-17(21)8-4-15/h3-10,12,16H,2,11,13H2,1H3,(H,23,26)/b22-12+/t16-/m0/s1. The van der Waals surface area contributed by atoms with Crippen LogP contribution >= 0.6 is 11.6 Å². The van der Waals surface area contributed by atoms with Crippen LogP contribution in [-0.2, 0) is 16.0 Å². The molecule has 5 nitrogen and oxygen atoms in total. The lowest BCUT2D eigenvalue weighted by atomic mass is 10.1. The van der Waals surface area contributed by atoms with Gasteiger partial charge in [0, 0.05) is 23.7 Å². The van der Waals surface area contributed by atoms with Crippen molar-refractivity contribution in [3.05, 3.63) is 64.7 Å². The van der Waals surface area contributed by atoms with Crippen LogP contribution in [0.25, 0.3) is 0 Å². The molecular formula is C20H20ClN3O2. The zero-order valence-corrected chi connectivity index (χ0v) is 15.2. The first kappa shape index (κ1) is 18.1. The first-order valence-electron chi connectivity index (χ1n) is 8.54. The van der Waals surface area contributed by atoms with E-state index in [9.17, 15) is 9.59 Å². The molecule has 0 radical (unpaired) electrons. The Bertz CT molecular complexity index is 816. The van der Waals surface area contributed by atoms with Crippen molar-refractivity contribution in [2.45, 2.75) is 19.8 Å². The minimum atomic E-state index is -0.407. The summed E-state index contributed by atoms with van der Waals surface area (Å²) in [6.07, 6.45) is 2.69. The molecule has 3 rings (SSSR count). The number of carbonyl (C=O) groups is 2. The molecule has 0 spiro atoms. The highest BCUT2D eigenvalue weighted by atomic mass is 35.5. The second-order valence-corrected chi connectivity index (χ2v) is 6.65. The van der Waals surface area contributed by atoms with Gasteiger partial charge < -0.3 is 4.90 Å². The van der Waals surface area contributed by atoms with Gasteiger partial charge in [0.2, 0.25) is 11.8 Å². The Hall–Kier alpha value is -2.66. The van der Waals surface area contributed by atoms with Gasteiger partial charge in [-0.05, 0) is 41.8 Å². The molecule has 0 aliphatic carbocycles. The molecule has 1 heterocycles. The molecule has 0 bridgehead atoms. The van der Waals surface area contributed by atoms with E-state index in [-0.39, 0.29) is 18.2 Å². The number of halogens is 1. The zero-order chi connectivity index (χ0) is 18.5. The molecule has 0 saturated carbocycles. The van der Waals surface area contributed by atoms with Gasteiger partial charge in [-0.3, -0.25) is 9.59 Å². The van der Waals surface area contributed by atoms with Crippen molar-refractivity contribution < 1.29 is 9.59 Å². The number of nitrogens with one attached hydrogen (secondary N) is 1. The molecule has 0 aromatic heterocycles. The summed E-state index contributed by atoms with van der Waals surface area (Å²) in [4.78, 5) is 26.2. The van der Waals surface area contributed by atoms with Gasteiger partial charge in [-0.2, -0.15) is 5.10 Å². The van der Waals surface area contributed by atoms with Crippen molar-refractivity contribution in [3.63, 3.8) is 0 Å². The van der Waals surface area contributed by atoms with E-state index in [0.717, 1.165) is 17.7 Å². The monoisotopic (exact) mass is 369 g/mol. The highest BCUT2D eigenvalue weighted by Gasteiger charge is 2.35. The topological polar surface area (TPSA) is 61.8 Å². The van der Waals surface area contributed by atoms with E-state index < -0.39 is 5.92 Å². The molecule has 0 unspecified atom stereocenters. The lowest BCUT2D eigenvalue weighted by Crippen LogP contribution is -2.30. The van der Waals surface area contributed by atoms with E-state index in [0.29, 0.717) is 11.6 Å². The molecule has 1 fully saturated rings. The number of amides is 2. The molecule has 1 N–H and O–H groups in total. The number of benzene rings is 2. The third kappa shape index (κ3) is 4.29. The molecule has 2 aromatic rings. The van der Waals surface area contributed by atoms with Gasteiger partial charge in [-0.1, -0.05) is 42.8 Å². The summed E-state index contributed by atoms with van der Waals surface area (Å²) >= 11 is 5.83. The van der Waals surface area contributed by atoms with Crippen molar-refractivity contribution in [2.75, 3.05) is 11.4 Å². The molecule has 26 heavy (non-hydrogen) atoms. The van der Waals surface area contributed by atoms with Gasteiger partial charge in [0.15, 0.2) is 0 Å². The number of hydrogen-bond donors (Lipinski definition) is 1. The largest absolute Gasteiger partial charge is 0.312 e. The number of aryl methyl sites for hydroxylation is 1. The smallest absolute Gasteiger partial charge is 0.245 e. The van der Waals surface area contributed by atoms with E-state index in [4.69, 9.17) is 11.6 Å². The summed E-state index contributed by atoms with van der Waals surface area (Å²) in [6.45, 7) is 2.45. The maximum absolute atomic E-state index is 12.3. The summed E-state index contributed by atoms with van der Waals surface area (Å²) in [5.74, 6) is -0.706. The quantitative estimate of drug-likeness (QED) is 0.648. The lowest BCUT2D eigenvalue weighted by Gasteiger charge is -2.16. The summed E-state index contributed by atoms with van der Waals surface area (Å²) in [5, 5.41) is 4.61. The van der Waals surface area contributed by atoms with Gasteiger partial charge >= 0.3 is 0 Å². The van der Waals surface area contributed by atoms with E-state index in [1.54, 1.807) is 35.4 Å². The second kappa shape index (κ2) is 8.15. The molecule has 2 aromatic carbocycles.